The van der Waals surface area contributed by atoms with Gasteiger partial charge in [-0.2, -0.15) is 0 Å². The molecule has 20 heavy (non-hydrogen) atoms. The van der Waals surface area contributed by atoms with E-state index >= 15 is 0 Å². The standard InChI is InChI=1S/C12H17BrO7/c1-5-9(18-6(2)14)10(19-7(3)15)11(12(13)17-5)20-8(4)16/h5,9-12H,1-4H3/t5?,9-,10-,11?,12+/m0/s1. The van der Waals surface area contributed by atoms with Crippen molar-refractivity contribution >= 4 is 33.8 Å². The molecule has 1 saturated heterocycles. The number of carbonyl (C=O) groups excluding carboxylic acids is 3. The summed E-state index contributed by atoms with van der Waals surface area (Å²) >= 11 is 3.22. The molecular formula is C12H17BrO7. The highest BCUT2D eigenvalue weighted by molar-refractivity contribution is 9.09. The second-order valence-electron chi connectivity index (χ2n) is 4.41. The van der Waals surface area contributed by atoms with E-state index in [2.05, 4.69) is 15.9 Å². The molecule has 0 amide bonds. The number of halogens is 1. The van der Waals surface area contributed by atoms with Gasteiger partial charge < -0.3 is 18.9 Å². The number of hydrogen-bond donors (Lipinski definition) is 0. The van der Waals surface area contributed by atoms with Gasteiger partial charge >= 0.3 is 17.9 Å². The summed E-state index contributed by atoms with van der Waals surface area (Å²) in [6.45, 7) is 5.35. The normalized spacial score (nSPS) is 33.1. The van der Waals surface area contributed by atoms with Gasteiger partial charge in [-0.3, -0.25) is 14.4 Å². The number of ether oxygens (including phenoxy) is 4. The molecule has 0 spiro atoms. The van der Waals surface area contributed by atoms with Gasteiger partial charge in [-0.15, -0.1) is 0 Å². The van der Waals surface area contributed by atoms with Crippen molar-refractivity contribution in [2.24, 2.45) is 0 Å². The van der Waals surface area contributed by atoms with Crippen molar-refractivity contribution in [1.82, 2.24) is 0 Å². The molecule has 7 nitrogen and oxygen atoms in total. The van der Waals surface area contributed by atoms with Crippen LogP contribution in [-0.4, -0.2) is 47.3 Å². The summed E-state index contributed by atoms with van der Waals surface area (Å²) in [6, 6.07) is 0. The zero-order chi connectivity index (χ0) is 15.4. The zero-order valence-corrected chi connectivity index (χ0v) is 13.2. The molecule has 1 fully saturated rings. The summed E-state index contributed by atoms with van der Waals surface area (Å²) in [5.74, 6) is -1.67. The minimum atomic E-state index is -0.937. The van der Waals surface area contributed by atoms with E-state index in [0.717, 1.165) is 0 Å². The molecule has 1 heterocycles. The van der Waals surface area contributed by atoms with Crippen molar-refractivity contribution < 1.29 is 33.3 Å². The Morgan fingerprint density at radius 3 is 1.70 bits per heavy atom. The molecule has 0 aromatic rings. The van der Waals surface area contributed by atoms with Crippen molar-refractivity contribution in [2.75, 3.05) is 0 Å². The maximum Gasteiger partial charge on any atom is 0.303 e. The fourth-order valence-corrected chi connectivity index (χ4v) is 2.70. The van der Waals surface area contributed by atoms with Crippen LogP contribution in [0.15, 0.2) is 0 Å². The maximum absolute atomic E-state index is 11.2. The molecule has 2 unspecified atom stereocenters. The van der Waals surface area contributed by atoms with Crippen LogP contribution in [0.5, 0.6) is 0 Å². The Labute approximate surface area is 125 Å². The van der Waals surface area contributed by atoms with Crippen LogP contribution in [0.2, 0.25) is 0 Å². The molecular weight excluding hydrogens is 336 g/mol. The van der Waals surface area contributed by atoms with Crippen LogP contribution in [0.1, 0.15) is 27.7 Å². The second kappa shape index (κ2) is 7.03. The summed E-state index contributed by atoms with van der Waals surface area (Å²) in [7, 11) is 0. The number of carbonyl (C=O) groups is 3. The fourth-order valence-electron chi connectivity index (χ4n) is 1.96. The molecule has 0 aliphatic carbocycles. The lowest BCUT2D eigenvalue weighted by Crippen LogP contribution is -2.59. The van der Waals surface area contributed by atoms with E-state index in [1.54, 1.807) is 6.92 Å². The number of esters is 3. The lowest BCUT2D eigenvalue weighted by atomic mass is 10.00. The van der Waals surface area contributed by atoms with Gasteiger partial charge in [-0.05, 0) is 6.92 Å². The highest BCUT2D eigenvalue weighted by Gasteiger charge is 2.49. The molecule has 1 aliphatic rings. The maximum atomic E-state index is 11.2. The summed E-state index contributed by atoms with van der Waals surface area (Å²) in [5.41, 5.74) is 0. The van der Waals surface area contributed by atoms with E-state index in [0.29, 0.717) is 0 Å². The third-order valence-corrected chi connectivity index (χ3v) is 3.36. The summed E-state index contributed by atoms with van der Waals surface area (Å²) in [6.07, 6.45) is -3.22. The van der Waals surface area contributed by atoms with Crippen LogP contribution in [0.3, 0.4) is 0 Å². The summed E-state index contributed by atoms with van der Waals surface area (Å²) in [4.78, 5) is 33.5. The van der Waals surface area contributed by atoms with E-state index in [1.165, 1.54) is 20.8 Å². The Bertz CT molecular complexity index is 369. The van der Waals surface area contributed by atoms with Crippen molar-refractivity contribution in [3.63, 3.8) is 0 Å². The zero-order valence-electron chi connectivity index (χ0n) is 11.6. The van der Waals surface area contributed by atoms with Gasteiger partial charge in [-0.25, -0.2) is 0 Å². The van der Waals surface area contributed by atoms with Gasteiger partial charge in [0.05, 0.1) is 6.10 Å². The lowest BCUT2D eigenvalue weighted by Gasteiger charge is -2.41. The quantitative estimate of drug-likeness (QED) is 0.424. The first kappa shape index (κ1) is 16.9. The lowest BCUT2D eigenvalue weighted by molar-refractivity contribution is -0.227. The molecule has 0 radical (unpaired) electrons. The summed E-state index contributed by atoms with van der Waals surface area (Å²) in [5, 5.41) is -0.669. The molecule has 0 aromatic carbocycles. The Hall–Kier alpha value is -1.15. The van der Waals surface area contributed by atoms with Gasteiger partial charge in [0.25, 0.3) is 0 Å². The first-order chi connectivity index (χ1) is 9.22. The molecule has 5 atom stereocenters. The van der Waals surface area contributed by atoms with Crippen LogP contribution in [0, 0.1) is 0 Å². The van der Waals surface area contributed by atoms with E-state index in [-0.39, 0.29) is 0 Å². The second-order valence-corrected chi connectivity index (χ2v) is 5.32. The fraction of sp³-hybridized carbons (Fsp3) is 0.750. The van der Waals surface area contributed by atoms with Crippen LogP contribution in [-0.2, 0) is 33.3 Å². The monoisotopic (exact) mass is 352 g/mol. The molecule has 114 valence electrons. The van der Waals surface area contributed by atoms with Gasteiger partial charge in [0.2, 0.25) is 0 Å². The van der Waals surface area contributed by atoms with Crippen molar-refractivity contribution in [2.45, 2.75) is 57.1 Å². The first-order valence-electron chi connectivity index (χ1n) is 6.03. The molecule has 0 N–H and O–H groups in total. The van der Waals surface area contributed by atoms with Crippen LogP contribution >= 0.6 is 15.9 Å². The Morgan fingerprint density at radius 1 is 0.850 bits per heavy atom. The van der Waals surface area contributed by atoms with E-state index in [4.69, 9.17) is 18.9 Å². The van der Waals surface area contributed by atoms with E-state index in [1.807, 2.05) is 0 Å². The van der Waals surface area contributed by atoms with Gasteiger partial charge in [0.1, 0.15) is 0 Å². The van der Waals surface area contributed by atoms with Gasteiger partial charge in [0.15, 0.2) is 23.3 Å². The molecule has 0 aromatic heterocycles. The van der Waals surface area contributed by atoms with Gasteiger partial charge in [0, 0.05) is 20.8 Å². The first-order valence-corrected chi connectivity index (χ1v) is 6.95. The third kappa shape index (κ3) is 4.45. The van der Waals surface area contributed by atoms with Crippen molar-refractivity contribution in [3.05, 3.63) is 0 Å². The molecule has 1 aliphatic heterocycles. The van der Waals surface area contributed by atoms with Crippen LogP contribution in [0.25, 0.3) is 0 Å². The Morgan fingerprint density at radius 2 is 1.25 bits per heavy atom. The highest BCUT2D eigenvalue weighted by Crippen LogP contribution is 2.31. The van der Waals surface area contributed by atoms with E-state index < -0.39 is 47.3 Å². The smallest absolute Gasteiger partial charge is 0.303 e. The average molecular weight is 353 g/mol. The number of hydrogen-bond acceptors (Lipinski definition) is 7. The number of alkyl halides is 1. The summed E-state index contributed by atoms with van der Waals surface area (Å²) < 4.78 is 20.9. The van der Waals surface area contributed by atoms with Crippen LogP contribution in [0.4, 0.5) is 0 Å². The predicted molar refractivity (Wildman–Crippen MR) is 69.9 cm³/mol. The molecule has 0 saturated carbocycles. The topological polar surface area (TPSA) is 88.1 Å². The highest BCUT2D eigenvalue weighted by atomic mass is 79.9. The van der Waals surface area contributed by atoms with Gasteiger partial charge in [-0.1, -0.05) is 15.9 Å². The van der Waals surface area contributed by atoms with E-state index in [9.17, 15) is 14.4 Å². The van der Waals surface area contributed by atoms with Crippen LogP contribution < -0.4 is 0 Å². The predicted octanol–water partition coefficient (Wildman–Crippen LogP) is 0.921. The minimum Gasteiger partial charge on any atom is -0.456 e. The number of rotatable bonds is 3. The molecule has 0 bridgehead atoms. The minimum absolute atomic E-state index is 0.528. The van der Waals surface area contributed by atoms with Crippen molar-refractivity contribution in [1.29, 1.82) is 0 Å². The largest absolute Gasteiger partial charge is 0.456 e. The SMILES string of the molecule is CC(=O)OC1[C@H](Br)OC(C)[C@H](OC(C)=O)[C@@H]1OC(C)=O. The Kier molecular flexibility index (Phi) is 5.94. The average Bonchev–Trinajstić information content (AvgIpc) is 2.27. The third-order valence-electron chi connectivity index (χ3n) is 2.62. The molecule has 8 heteroatoms. The van der Waals surface area contributed by atoms with Crippen molar-refractivity contribution in [3.8, 4) is 0 Å². The Balaban J connectivity index is 3.01. The molecule has 1 rings (SSSR count).